The van der Waals surface area contributed by atoms with Crippen LogP contribution in [0.4, 0.5) is 0 Å². The molecule has 6 N–H and O–H groups in total. The molecule has 0 bridgehead atoms. The van der Waals surface area contributed by atoms with E-state index in [0.29, 0.717) is 0 Å². The zero-order valence-corrected chi connectivity index (χ0v) is 4.96. The molecule has 0 aromatic carbocycles. The smallest absolute Gasteiger partial charge is 0.412 e. The third-order valence-corrected chi connectivity index (χ3v) is 0. The molecule has 0 heterocycles. The molecule has 0 rings (SSSR count). The first-order chi connectivity index (χ1) is 1.73. The predicted molar refractivity (Wildman–Crippen MR) is 21.2 cm³/mol. The van der Waals surface area contributed by atoms with Crippen molar-refractivity contribution in [2.45, 2.75) is 0 Å². The van der Waals surface area contributed by atoms with E-state index in [1.54, 1.807) is 0 Å². The van der Waals surface area contributed by atoms with Gasteiger partial charge in [0.25, 0.3) is 0 Å². The average Bonchev–Trinajstić information content (AvgIpc) is 0.811. The molecule has 8 heavy (non-hydrogen) atoms. The first-order valence-electron chi connectivity index (χ1n) is 0.548. The van der Waals surface area contributed by atoms with E-state index in [1.807, 2.05) is 0 Å². The summed E-state index contributed by atoms with van der Waals surface area (Å²) in [6.07, 6.45) is 0. The molecule has 0 amide bonds. The summed E-state index contributed by atoms with van der Waals surface area (Å²) in [7, 11) is 0. The largest absolute Gasteiger partial charge is 1.00 e. The molecule has 8 heteroatoms. The second-order valence-electron chi connectivity index (χ2n) is 0.224. The van der Waals surface area contributed by atoms with Crippen molar-refractivity contribution in [3.8, 4) is 0 Å². The summed E-state index contributed by atoms with van der Waals surface area (Å²) in [6, 6.07) is 0. The van der Waals surface area contributed by atoms with Crippen LogP contribution in [0.1, 0.15) is 0 Å². The molecule has 0 atom stereocenters. The van der Waals surface area contributed by atoms with E-state index in [9.17, 15) is 0 Å². The van der Waals surface area contributed by atoms with Crippen LogP contribution in [-0.2, 0) is 22.4 Å². The first kappa shape index (κ1) is 45.7. The van der Waals surface area contributed by atoms with Gasteiger partial charge in [0.05, 0.1) is 5.09 Å². The number of nitrogens with zero attached hydrogens (tertiary/aromatic N) is 1. The third-order valence-electron chi connectivity index (χ3n) is 0. The fourth-order valence-electron chi connectivity index (χ4n) is 0. The van der Waals surface area contributed by atoms with E-state index in [4.69, 9.17) is 15.3 Å². The molecular weight excluding hydrogens is 218 g/mol. The van der Waals surface area contributed by atoms with Gasteiger partial charge in [0.15, 0.2) is 0 Å². The summed E-state index contributed by atoms with van der Waals surface area (Å²) >= 11 is 0. The monoisotopic (exact) mass is 223 g/mol. The van der Waals surface area contributed by atoms with Crippen LogP contribution < -0.4 is 0 Å². The fourth-order valence-corrected chi connectivity index (χ4v) is 0. The first-order valence-corrected chi connectivity index (χ1v) is 0.548. The Hall–Kier alpha value is -0.180. The van der Waals surface area contributed by atoms with Crippen molar-refractivity contribution in [3.63, 3.8) is 0 Å². The minimum Gasteiger partial charge on any atom is -0.412 e. The SMILES string of the molecule is O.O.O.O=[N+]([O-])[O-].[Ag+]. The summed E-state index contributed by atoms with van der Waals surface area (Å²) in [4.78, 5) is 8.25. The van der Waals surface area contributed by atoms with Gasteiger partial charge in [-0.05, 0) is 0 Å². The normalized spacial score (nSPS) is 3.00. The van der Waals surface area contributed by atoms with E-state index in [2.05, 4.69) is 0 Å². The van der Waals surface area contributed by atoms with Crippen molar-refractivity contribution in [1.82, 2.24) is 0 Å². The van der Waals surface area contributed by atoms with Crippen molar-refractivity contribution < 1.29 is 43.9 Å². The Morgan fingerprint density at radius 3 is 1.00 bits per heavy atom. The summed E-state index contributed by atoms with van der Waals surface area (Å²) in [5, 5.41) is 14.8. The Morgan fingerprint density at radius 2 is 1.00 bits per heavy atom. The molecule has 0 fully saturated rings. The van der Waals surface area contributed by atoms with E-state index < -0.39 is 5.09 Å². The predicted octanol–water partition coefficient (Wildman–Crippen LogP) is -2.72. The molecule has 7 nitrogen and oxygen atoms in total. The maximum atomic E-state index is 8.25. The molecule has 0 saturated carbocycles. The molecule has 0 aromatic rings. The minimum absolute atomic E-state index is 0. The minimum atomic E-state index is -1.75. The number of hydrogen-bond acceptors (Lipinski definition) is 3. The van der Waals surface area contributed by atoms with Crippen LogP contribution in [0.5, 0.6) is 0 Å². The van der Waals surface area contributed by atoms with Crippen molar-refractivity contribution >= 4 is 0 Å². The van der Waals surface area contributed by atoms with E-state index >= 15 is 0 Å². The van der Waals surface area contributed by atoms with Crippen LogP contribution in [0.25, 0.3) is 0 Å². The molecule has 0 aliphatic heterocycles. The molecular formula is H6AgNO6. The van der Waals surface area contributed by atoms with Gasteiger partial charge in [0, 0.05) is 0 Å². The summed E-state index contributed by atoms with van der Waals surface area (Å²) < 4.78 is 0. The summed E-state index contributed by atoms with van der Waals surface area (Å²) in [5.74, 6) is 0. The van der Waals surface area contributed by atoms with Crippen molar-refractivity contribution in [2.75, 3.05) is 0 Å². The Labute approximate surface area is 59.9 Å². The molecule has 0 aliphatic rings. The summed E-state index contributed by atoms with van der Waals surface area (Å²) in [5.41, 5.74) is 0. The molecule has 0 unspecified atom stereocenters. The second-order valence-corrected chi connectivity index (χ2v) is 0.224. The Morgan fingerprint density at radius 1 is 1.00 bits per heavy atom. The van der Waals surface area contributed by atoms with Gasteiger partial charge in [-0.15, -0.1) is 0 Å². The van der Waals surface area contributed by atoms with Crippen molar-refractivity contribution in [2.24, 2.45) is 0 Å². The molecule has 0 spiro atoms. The van der Waals surface area contributed by atoms with Crippen LogP contribution in [0.15, 0.2) is 0 Å². The number of rotatable bonds is 0. The Kier molecular flexibility index (Phi) is 166. The molecule has 58 valence electrons. The zero-order valence-electron chi connectivity index (χ0n) is 3.47. The van der Waals surface area contributed by atoms with Crippen LogP contribution in [0.3, 0.4) is 0 Å². The van der Waals surface area contributed by atoms with Crippen molar-refractivity contribution in [1.29, 1.82) is 0 Å². The maximum absolute atomic E-state index is 8.25. The van der Waals surface area contributed by atoms with Gasteiger partial charge in [-0.1, -0.05) is 0 Å². The Bertz CT molecular complexity index is 31.5. The number of hydrogen-bond donors (Lipinski definition) is 0. The standard InChI is InChI=1S/Ag.NO3.3H2O/c;2-1(3)4;;;/h;;3*1H2/q+1;-1;;;. The topological polar surface area (TPSA) is 161 Å². The molecule has 0 saturated heterocycles. The van der Waals surface area contributed by atoms with Gasteiger partial charge in [0.1, 0.15) is 0 Å². The van der Waals surface area contributed by atoms with E-state index in [0.717, 1.165) is 0 Å². The van der Waals surface area contributed by atoms with Gasteiger partial charge >= 0.3 is 22.4 Å². The molecule has 0 radical (unpaired) electrons. The van der Waals surface area contributed by atoms with Crippen molar-refractivity contribution in [3.05, 3.63) is 15.3 Å². The van der Waals surface area contributed by atoms with Crippen LogP contribution in [0.2, 0.25) is 0 Å². The third kappa shape index (κ3) is 4190. The van der Waals surface area contributed by atoms with E-state index in [-0.39, 0.29) is 38.8 Å². The van der Waals surface area contributed by atoms with Gasteiger partial charge in [0.2, 0.25) is 0 Å². The van der Waals surface area contributed by atoms with Crippen LogP contribution in [0, 0.1) is 15.3 Å². The van der Waals surface area contributed by atoms with Crippen LogP contribution in [-0.4, -0.2) is 21.5 Å². The van der Waals surface area contributed by atoms with E-state index in [1.165, 1.54) is 0 Å². The average molecular weight is 224 g/mol. The summed E-state index contributed by atoms with van der Waals surface area (Å²) in [6.45, 7) is 0. The molecule has 0 aliphatic carbocycles. The molecule has 0 aromatic heterocycles. The van der Waals surface area contributed by atoms with Gasteiger partial charge < -0.3 is 31.8 Å². The Balaban J connectivity index is -0.00000000750. The second kappa shape index (κ2) is 29.0. The quantitative estimate of drug-likeness (QED) is 0.248. The van der Waals surface area contributed by atoms with Gasteiger partial charge in [-0.2, -0.15) is 0 Å². The fraction of sp³-hybridized carbons (Fsp3) is 0. The maximum Gasteiger partial charge on any atom is 1.00 e. The van der Waals surface area contributed by atoms with Crippen LogP contribution >= 0.6 is 0 Å². The zero-order chi connectivity index (χ0) is 3.58. The van der Waals surface area contributed by atoms with Gasteiger partial charge in [-0.25, -0.2) is 0 Å². The van der Waals surface area contributed by atoms with Gasteiger partial charge in [-0.3, -0.25) is 0 Å².